The molecule has 1 saturated carbocycles. The zero-order valence-electron chi connectivity index (χ0n) is 10.5. The van der Waals surface area contributed by atoms with E-state index in [2.05, 4.69) is 20.8 Å². The van der Waals surface area contributed by atoms with Crippen LogP contribution in [0.3, 0.4) is 0 Å². The maximum atomic E-state index is 11.2. The molecule has 0 amide bonds. The Morgan fingerprint density at radius 2 is 2.20 bits per heavy atom. The van der Waals surface area contributed by atoms with Gasteiger partial charge in [-0.05, 0) is 32.1 Å². The van der Waals surface area contributed by atoms with Crippen molar-refractivity contribution < 1.29 is 9.53 Å². The summed E-state index contributed by atoms with van der Waals surface area (Å²) >= 11 is 0. The molecule has 0 aromatic heterocycles. The summed E-state index contributed by atoms with van der Waals surface area (Å²) in [6, 6.07) is 0. The molecule has 1 aliphatic carbocycles. The lowest BCUT2D eigenvalue weighted by Crippen LogP contribution is -2.44. The number of carbonyl (C=O) groups excluding carboxylic acids is 1. The second kappa shape index (κ2) is 5.00. The third-order valence-corrected chi connectivity index (χ3v) is 3.93. The molecule has 1 fully saturated rings. The topological polar surface area (TPSA) is 26.3 Å². The summed E-state index contributed by atoms with van der Waals surface area (Å²) in [6.07, 6.45) is 5.88. The molecule has 3 atom stereocenters. The Labute approximate surface area is 93.4 Å². The van der Waals surface area contributed by atoms with Crippen molar-refractivity contribution in [2.75, 3.05) is 0 Å². The first kappa shape index (κ1) is 12.5. The number of rotatable bonds is 3. The van der Waals surface area contributed by atoms with Crippen LogP contribution >= 0.6 is 0 Å². The van der Waals surface area contributed by atoms with Crippen molar-refractivity contribution in [3.05, 3.63) is 0 Å². The highest BCUT2D eigenvalue weighted by molar-refractivity contribution is 5.66. The van der Waals surface area contributed by atoms with Crippen molar-refractivity contribution in [1.29, 1.82) is 0 Å². The smallest absolute Gasteiger partial charge is 0.303 e. The predicted octanol–water partition coefficient (Wildman–Crippen LogP) is 3.54. The SMILES string of the molecule is CCC(C)C1CCCCC1(C)OC(C)=O. The molecule has 0 bridgehead atoms. The van der Waals surface area contributed by atoms with Crippen LogP contribution in [-0.2, 0) is 9.53 Å². The molecule has 0 heterocycles. The van der Waals surface area contributed by atoms with Gasteiger partial charge in [-0.2, -0.15) is 0 Å². The Balaban J connectivity index is 2.75. The fourth-order valence-corrected chi connectivity index (χ4v) is 2.96. The maximum absolute atomic E-state index is 11.2. The zero-order chi connectivity index (χ0) is 11.5. The maximum Gasteiger partial charge on any atom is 0.303 e. The normalized spacial score (nSPS) is 33.5. The van der Waals surface area contributed by atoms with Crippen LogP contribution in [0.5, 0.6) is 0 Å². The minimum Gasteiger partial charge on any atom is -0.459 e. The first-order valence-electron chi connectivity index (χ1n) is 6.19. The Bertz CT molecular complexity index is 225. The van der Waals surface area contributed by atoms with E-state index in [1.54, 1.807) is 0 Å². The fourth-order valence-electron chi connectivity index (χ4n) is 2.96. The summed E-state index contributed by atoms with van der Waals surface area (Å²) < 4.78 is 5.58. The summed E-state index contributed by atoms with van der Waals surface area (Å²) in [5, 5.41) is 0. The molecule has 0 aromatic carbocycles. The highest BCUT2D eigenvalue weighted by atomic mass is 16.6. The van der Waals surface area contributed by atoms with Gasteiger partial charge in [0.25, 0.3) is 0 Å². The van der Waals surface area contributed by atoms with E-state index >= 15 is 0 Å². The minimum absolute atomic E-state index is 0.132. The van der Waals surface area contributed by atoms with Crippen LogP contribution in [0.15, 0.2) is 0 Å². The molecule has 0 aliphatic heterocycles. The summed E-state index contributed by atoms with van der Waals surface area (Å²) in [5.74, 6) is 1.06. The summed E-state index contributed by atoms with van der Waals surface area (Å²) in [4.78, 5) is 11.2. The van der Waals surface area contributed by atoms with Gasteiger partial charge in [0.1, 0.15) is 5.60 Å². The quantitative estimate of drug-likeness (QED) is 0.669. The lowest BCUT2D eigenvalue weighted by Gasteiger charge is -2.43. The lowest BCUT2D eigenvalue weighted by atomic mass is 9.70. The van der Waals surface area contributed by atoms with Crippen LogP contribution in [0.1, 0.15) is 59.8 Å². The van der Waals surface area contributed by atoms with Gasteiger partial charge in [-0.25, -0.2) is 0 Å². The van der Waals surface area contributed by atoms with Gasteiger partial charge < -0.3 is 4.74 Å². The number of carbonyl (C=O) groups is 1. The number of hydrogen-bond donors (Lipinski definition) is 0. The Hall–Kier alpha value is -0.530. The van der Waals surface area contributed by atoms with Gasteiger partial charge in [0, 0.05) is 12.8 Å². The molecule has 15 heavy (non-hydrogen) atoms. The van der Waals surface area contributed by atoms with E-state index in [9.17, 15) is 4.79 Å². The van der Waals surface area contributed by atoms with E-state index in [4.69, 9.17) is 4.74 Å². The van der Waals surface area contributed by atoms with Crippen molar-refractivity contribution >= 4 is 5.97 Å². The monoisotopic (exact) mass is 212 g/mol. The molecule has 2 nitrogen and oxygen atoms in total. The molecule has 0 saturated heterocycles. The largest absolute Gasteiger partial charge is 0.459 e. The summed E-state index contributed by atoms with van der Waals surface area (Å²) in [7, 11) is 0. The van der Waals surface area contributed by atoms with E-state index in [0.717, 1.165) is 6.42 Å². The standard InChI is InChI=1S/C13H24O2/c1-5-10(2)12-8-6-7-9-13(12,4)15-11(3)14/h10,12H,5-9H2,1-4H3. The minimum atomic E-state index is -0.209. The van der Waals surface area contributed by atoms with E-state index in [1.165, 1.54) is 32.6 Å². The Morgan fingerprint density at radius 3 is 2.73 bits per heavy atom. The van der Waals surface area contributed by atoms with E-state index in [0.29, 0.717) is 11.8 Å². The summed E-state index contributed by atoms with van der Waals surface area (Å²) in [6.45, 7) is 8.13. The molecule has 0 radical (unpaired) electrons. The predicted molar refractivity (Wildman–Crippen MR) is 61.6 cm³/mol. The average molecular weight is 212 g/mol. The average Bonchev–Trinajstić information content (AvgIpc) is 2.15. The second-order valence-electron chi connectivity index (χ2n) is 5.14. The molecule has 1 aliphatic rings. The van der Waals surface area contributed by atoms with Gasteiger partial charge in [-0.3, -0.25) is 4.79 Å². The van der Waals surface area contributed by atoms with Gasteiger partial charge in [-0.15, -0.1) is 0 Å². The molecular formula is C13H24O2. The molecule has 0 spiro atoms. The van der Waals surface area contributed by atoms with Crippen molar-refractivity contribution in [3.8, 4) is 0 Å². The molecule has 88 valence electrons. The molecule has 0 aromatic rings. The second-order valence-corrected chi connectivity index (χ2v) is 5.14. The third kappa shape index (κ3) is 2.96. The van der Waals surface area contributed by atoms with Crippen LogP contribution in [-0.4, -0.2) is 11.6 Å². The highest BCUT2D eigenvalue weighted by Crippen LogP contribution is 2.41. The summed E-state index contributed by atoms with van der Waals surface area (Å²) in [5.41, 5.74) is -0.209. The lowest BCUT2D eigenvalue weighted by molar-refractivity contribution is -0.168. The van der Waals surface area contributed by atoms with Crippen molar-refractivity contribution in [3.63, 3.8) is 0 Å². The highest BCUT2D eigenvalue weighted by Gasteiger charge is 2.41. The van der Waals surface area contributed by atoms with Crippen LogP contribution in [0.25, 0.3) is 0 Å². The fraction of sp³-hybridized carbons (Fsp3) is 0.923. The van der Waals surface area contributed by atoms with Gasteiger partial charge in [-0.1, -0.05) is 26.7 Å². The third-order valence-electron chi connectivity index (χ3n) is 3.93. The van der Waals surface area contributed by atoms with Gasteiger partial charge in [0.15, 0.2) is 0 Å². The number of esters is 1. The van der Waals surface area contributed by atoms with E-state index in [1.807, 2.05) is 0 Å². The van der Waals surface area contributed by atoms with Crippen LogP contribution < -0.4 is 0 Å². The van der Waals surface area contributed by atoms with Gasteiger partial charge in [0.2, 0.25) is 0 Å². The molecule has 0 N–H and O–H groups in total. The van der Waals surface area contributed by atoms with Crippen molar-refractivity contribution in [1.82, 2.24) is 0 Å². The Morgan fingerprint density at radius 1 is 1.53 bits per heavy atom. The van der Waals surface area contributed by atoms with E-state index < -0.39 is 0 Å². The van der Waals surface area contributed by atoms with Crippen molar-refractivity contribution in [2.24, 2.45) is 11.8 Å². The van der Waals surface area contributed by atoms with Gasteiger partial charge >= 0.3 is 5.97 Å². The molecule has 1 rings (SSSR count). The van der Waals surface area contributed by atoms with Crippen LogP contribution in [0.4, 0.5) is 0 Å². The van der Waals surface area contributed by atoms with Crippen molar-refractivity contribution in [2.45, 2.75) is 65.4 Å². The molecular weight excluding hydrogens is 188 g/mol. The molecule has 2 heteroatoms. The Kier molecular flexibility index (Phi) is 4.18. The number of ether oxygens (including phenoxy) is 1. The number of hydrogen-bond acceptors (Lipinski definition) is 2. The first-order valence-corrected chi connectivity index (χ1v) is 6.19. The first-order chi connectivity index (χ1) is 6.99. The van der Waals surface area contributed by atoms with E-state index in [-0.39, 0.29) is 11.6 Å². The zero-order valence-corrected chi connectivity index (χ0v) is 10.5. The van der Waals surface area contributed by atoms with Crippen LogP contribution in [0.2, 0.25) is 0 Å². The molecule has 3 unspecified atom stereocenters. The van der Waals surface area contributed by atoms with Gasteiger partial charge in [0.05, 0.1) is 0 Å². The van der Waals surface area contributed by atoms with Crippen LogP contribution in [0, 0.1) is 11.8 Å².